The summed E-state index contributed by atoms with van der Waals surface area (Å²) in [6, 6.07) is 18.0. The second kappa shape index (κ2) is 6.34. The van der Waals surface area contributed by atoms with Crippen LogP contribution >= 0.6 is 0 Å². The molecule has 2 aliphatic rings. The molecule has 126 valence electrons. The zero-order valence-electron chi connectivity index (χ0n) is 14.2. The molecule has 0 saturated heterocycles. The van der Waals surface area contributed by atoms with Gasteiger partial charge in [-0.15, -0.1) is 0 Å². The maximum atomic E-state index is 9.49. The number of rotatable bonds is 3. The summed E-state index contributed by atoms with van der Waals surface area (Å²) in [5, 5.41) is 9.49. The zero-order valence-corrected chi connectivity index (χ0v) is 14.2. The van der Waals surface area contributed by atoms with E-state index in [9.17, 15) is 5.11 Å². The molecular weight excluding hydrogens is 294 g/mol. The first-order chi connectivity index (χ1) is 11.7. The molecule has 3 N–H and O–H groups in total. The number of benzene rings is 2. The van der Waals surface area contributed by atoms with E-state index in [1.807, 2.05) is 0 Å². The summed E-state index contributed by atoms with van der Waals surface area (Å²) in [5.41, 5.74) is 11.8. The Bertz CT molecular complexity index is 711. The number of nitrogens with two attached hydrogens (primary N) is 1. The molecular formula is C22H27NO. The van der Waals surface area contributed by atoms with Crippen LogP contribution in [0.3, 0.4) is 0 Å². The lowest BCUT2D eigenvalue weighted by atomic mass is 9.79. The van der Waals surface area contributed by atoms with Gasteiger partial charge in [0.05, 0.1) is 6.61 Å². The quantitative estimate of drug-likeness (QED) is 0.900. The second-order valence-corrected chi connectivity index (χ2v) is 7.84. The topological polar surface area (TPSA) is 46.2 Å². The average molecular weight is 321 g/mol. The van der Waals surface area contributed by atoms with Crippen LogP contribution in [-0.2, 0) is 12.8 Å². The number of aliphatic hydroxyl groups excluding tert-OH is 1. The van der Waals surface area contributed by atoms with E-state index in [2.05, 4.69) is 48.5 Å². The van der Waals surface area contributed by atoms with Crippen molar-refractivity contribution < 1.29 is 5.11 Å². The number of fused-ring (bicyclic) bond motifs is 1. The number of aliphatic hydroxyl groups is 1. The van der Waals surface area contributed by atoms with Gasteiger partial charge in [-0.25, -0.2) is 0 Å². The summed E-state index contributed by atoms with van der Waals surface area (Å²) in [4.78, 5) is 0. The fourth-order valence-electron chi connectivity index (χ4n) is 4.62. The fourth-order valence-corrected chi connectivity index (χ4v) is 4.62. The standard InChI is InChI=1S/C22H27NO/c23-22(15-24)11-10-21(14-22)20-9-8-18-12-17(6-7-19(18)13-20)16-4-2-1-3-5-16/h1-5,8-9,13,17,21,24H,6-7,10-12,14-15,23H2/t17?,21-,22-/m0/s1. The molecule has 0 amide bonds. The maximum Gasteiger partial charge on any atom is 0.0611 e. The summed E-state index contributed by atoms with van der Waals surface area (Å²) < 4.78 is 0. The lowest BCUT2D eigenvalue weighted by Crippen LogP contribution is -2.40. The van der Waals surface area contributed by atoms with E-state index in [-0.39, 0.29) is 12.1 Å². The van der Waals surface area contributed by atoms with E-state index in [1.165, 1.54) is 35.1 Å². The maximum absolute atomic E-state index is 9.49. The van der Waals surface area contributed by atoms with Gasteiger partial charge in [-0.1, -0.05) is 48.5 Å². The van der Waals surface area contributed by atoms with Crippen molar-refractivity contribution in [2.45, 2.75) is 55.9 Å². The van der Waals surface area contributed by atoms with Crippen molar-refractivity contribution in [3.63, 3.8) is 0 Å². The minimum Gasteiger partial charge on any atom is -0.394 e. The molecule has 1 saturated carbocycles. The van der Waals surface area contributed by atoms with Crippen LogP contribution in [0.1, 0.15) is 59.8 Å². The van der Waals surface area contributed by atoms with E-state index in [0.29, 0.717) is 11.8 Å². The molecule has 2 nitrogen and oxygen atoms in total. The minimum atomic E-state index is -0.362. The number of aryl methyl sites for hydroxylation is 1. The third kappa shape index (κ3) is 3.01. The second-order valence-electron chi connectivity index (χ2n) is 7.84. The van der Waals surface area contributed by atoms with Crippen molar-refractivity contribution in [1.82, 2.24) is 0 Å². The van der Waals surface area contributed by atoms with Crippen LogP contribution < -0.4 is 5.73 Å². The first-order valence-electron chi connectivity index (χ1n) is 9.23. The van der Waals surface area contributed by atoms with Crippen molar-refractivity contribution in [3.8, 4) is 0 Å². The molecule has 4 rings (SSSR count). The molecule has 2 heteroatoms. The number of hydrogen-bond acceptors (Lipinski definition) is 2. The Morgan fingerprint density at radius 3 is 2.54 bits per heavy atom. The van der Waals surface area contributed by atoms with Crippen molar-refractivity contribution in [1.29, 1.82) is 0 Å². The highest BCUT2D eigenvalue weighted by molar-refractivity contribution is 5.38. The average Bonchev–Trinajstić information content (AvgIpc) is 3.04. The molecule has 0 heterocycles. The molecule has 0 aromatic heterocycles. The van der Waals surface area contributed by atoms with Gasteiger partial charge in [-0.3, -0.25) is 0 Å². The Labute approximate surface area is 144 Å². The van der Waals surface area contributed by atoms with E-state index in [0.717, 1.165) is 25.7 Å². The summed E-state index contributed by atoms with van der Waals surface area (Å²) in [7, 11) is 0. The first-order valence-corrected chi connectivity index (χ1v) is 9.23. The highest BCUT2D eigenvalue weighted by Gasteiger charge is 2.36. The largest absolute Gasteiger partial charge is 0.394 e. The summed E-state index contributed by atoms with van der Waals surface area (Å²) >= 11 is 0. The molecule has 2 aromatic rings. The van der Waals surface area contributed by atoms with Crippen molar-refractivity contribution >= 4 is 0 Å². The van der Waals surface area contributed by atoms with Gasteiger partial charge in [0.1, 0.15) is 0 Å². The highest BCUT2D eigenvalue weighted by atomic mass is 16.3. The monoisotopic (exact) mass is 321 g/mol. The normalized spacial score (nSPS) is 29.4. The van der Waals surface area contributed by atoms with Crippen molar-refractivity contribution in [2.24, 2.45) is 5.73 Å². The van der Waals surface area contributed by atoms with Crippen LogP contribution in [0.15, 0.2) is 48.5 Å². The molecule has 3 atom stereocenters. The van der Waals surface area contributed by atoms with Crippen LogP contribution in [0.25, 0.3) is 0 Å². The van der Waals surface area contributed by atoms with E-state index < -0.39 is 0 Å². The van der Waals surface area contributed by atoms with E-state index in [1.54, 1.807) is 0 Å². The molecule has 0 spiro atoms. The lowest BCUT2D eigenvalue weighted by molar-refractivity contribution is 0.198. The van der Waals surface area contributed by atoms with Gasteiger partial charge in [-0.2, -0.15) is 0 Å². The first kappa shape index (κ1) is 15.9. The molecule has 24 heavy (non-hydrogen) atoms. The number of hydrogen-bond donors (Lipinski definition) is 2. The van der Waals surface area contributed by atoms with Gasteiger partial charge in [0.15, 0.2) is 0 Å². The molecule has 0 bridgehead atoms. The third-order valence-corrected chi connectivity index (χ3v) is 6.16. The molecule has 1 fully saturated rings. The van der Waals surface area contributed by atoms with Gasteiger partial charge in [0, 0.05) is 5.54 Å². The Balaban J connectivity index is 1.52. The summed E-state index contributed by atoms with van der Waals surface area (Å²) in [5.74, 6) is 1.17. The zero-order chi connectivity index (χ0) is 16.6. The molecule has 2 aliphatic carbocycles. The van der Waals surface area contributed by atoms with Gasteiger partial charge < -0.3 is 10.8 Å². The molecule has 0 aliphatic heterocycles. The predicted molar refractivity (Wildman–Crippen MR) is 98.2 cm³/mol. The van der Waals surface area contributed by atoms with Gasteiger partial charge >= 0.3 is 0 Å². The van der Waals surface area contributed by atoms with Crippen LogP contribution in [0.4, 0.5) is 0 Å². The third-order valence-electron chi connectivity index (χ3n) is 6.16. The highest BCUT2D eigenvalue weighted by Crippen LogP contribution is 2.41. The Morgan fingerprint density at radius 2 is 1.79 bits per heavy atom. The van der Waals surface area contributed by atoms with E-state index >= 15 is 0 Å². The molecule has 0 radical (unpaired) electrons. The Hall–Kier alpha value is -1.64. The van der Waals surface area contributed by atoms with Gasteiger partial charge in [-0.05, 0) is 72.6 Å². The SMILES string of the molecule is N[C@@]1(CO)CC[C@H](c2ccc3c(c2)CCC(c2ccccc2)C3)C1. The minimum absolute atomic E-state index is 0.104. The van der Waals surface area contributed by atoms with Crippen molar-refractivity contribution in [2.75, 3.05) is 6.61 Å². The van der Waals surface area contributed by atoms with Crippen molar-refractivity contribution in [3.05, 3.63) is 70.8 Å². The van der Waals surface area contributed by atoms with Crippen LogP contribution in [0.2, 0.25) is 0 Å². The lowest BCUT2D eigenvalue weighted by Gasteiger charge is -2.26. The summed E-state index contributed by atoms with van der Waals surface area (Å²) in [6.45, 7) is 0.104. The van der Waals surface area contributed by atoms with Crippen LogP contribution in [-0.4, -0.2) is 17.3 Å². The van der Waals surface area contributed by atoms with Crippen LogP contribution in [0, 0.1) is 0 Å². The molecule has 2 aromatic carbocycles. The van der Waals surface area contributed by atoms with Crippen LogP contribution in [0.5, 0.6) is 0 Å². The summed E-state index contributed by atoms with van der Waals surface area (Å²) in [6.07, 6.45) is 6.51. The van der Waals surface area contributed by atoms with Gasteiger partial charge in [0.25, 0.3) is 0 Å². The van der Waals surface area contributed by atoms with Gasteiger partial charge in [0.2, 0.25) is 0 Å². The van der Waals surface area contributed by atoms with E-state index in [4.69, 9.17) is 5.73 Å². The Morgan fingerprint density at radius 1 is 0.958 bits per heavy atom. The predicted octanol–water partition coefficient (Wildman–Crippen LogP) is 3.92. The smallest absolute Gasteiger partial charge is 0.0611 e. The molecule has 1 unspecified atom stereocenters. The fraction of sp³-hybridized carbons (Fsp3) is 0.455. The Kier molecular flexibility index (Phi) is 4.19.